The van der Waals surface area contributed by atoms with Crippen molar-refractivity contribution in [1.82, 2.24) is 0 Å². The molecule has 0 fully saturated rings. The highest BCUT2D eigenvalue weighted by atomic mass is 16.5. The fraction of sp³-hybridized carbons (Fsp3) is 0.800. The summed E-state index contributed by atoms with van der Waals surface area (Å²) in [5.41, 5.74) is 0. The van der Waals surface area contributed by atoms with Gasteiger partial charge in [-0.1, -0.05) is 0 Å². The highest BCUT2D eigenvalue weighted by molar-refractivity contribution is 4.59. The van der Waals surface area contributed by atoms with Crippen LogP contribution in [0.3, 0.4) is 0 Å². The van der Waals surface area contributed by atoms with Crippen molar-refractivity contribution in [2.75, 3.05) is 0 Å². The molecule has 0 saturated heterocycles. The molecule has 3 heteroatoms. The molecular formula is C5H10O3. The number of aliphatic hydroxyl groups is 2. The van der Waals surface area contributed by atoms with E-state index in [1.807, 2.05) is 0 Å². The highest BCUT2D eigenvalue weighted by Crippen LogP contribution is 2.02. The molecule has 2 N–H and O–H groups in total. The molecule has 0 aromatic carbocycles. The molecule has 0 amide bonds. The molecule has 0 spiro atoms. The average Bonchev–Trinajstić information content (AvgIpc) is 1.61. The summed E-state index contributed by atoms with van der Waals surface area (Å²) in [6, 6.07) is 0. The van der Waals surface area contributed by atoms with Crippen LogP contribution < -0.4 is 0 Å². The van der Waals surface area contributed by atoms with Crippen LogP contribution in [0, 0.1) is 6.29 Å². The summed E-state index contributed by atoms with van der Waals surface area (Å²) in [6.45, 7) is 1.49. The lowest BCUT2D eigenvalue weighted by Gasteiger charge is -2.00. The predicted octanol–water partition coefficient (Wildman–Crippen LogP) is 0.820. The number of rotatable bonds is 3. The molecule has 0 heterocycles. The quantitative estimate of drug-likeness (QED) is 0.576. The van der Waals surface area contributed by atoms with Gasteiger partial charge in [0.2, 0.25) is 6.29 Å². The lowest BCUT2D eigenvalue weighted by molar-refractivity contribution is 0.0420. The van der Waals surface area contributed by atoms with Crippen molar-refractivity contribution in [3.05, 3.63) is 6.29 Å². The van der Waals surface area contributed by atoms with Crippen LogP contribution in [-0.2, 0) is 5.11 Å². The van der Waals surface area contributed by atoms with Crippen LogP contribution in [0.15, 0.2) is 0 Å². The maximum Gasteiger partial charge on any atom is 0.218 e. The van der Waals surface area contributed by atoms with Crippen LogP contribution >= 0.6 is 0 Å². The molecule has 0 aromatic rings. The summed E-state index contributed by atoms with van der Waals surface area (Å²) in [5, 5.41) is 26.5. The van der Waals surface area contributed by atoms with Gasteiger partial charge in [-0.15, -0.1) is 0 Å². The molecular weight excluding hydrogens is 108 g/mol. The summed E-state index contributed by atoms with van der Waals surface area (Å²) < 4.78 is 0. The Bertz CT molecular complexity index is 43.6. The zero-order valence-electron chi connectivity index (χ0n) is 4.79. The first kappa shape index (κ1) is 7.88. The molecule has 48 valence electrons. The van der Waals surface area contributed by atoms with Gasteiger partial charge in [0, 0.05) is 6.42 Å². The minimum atomic E-state index is -0.704. The van der Waals surface area contributed by atoms with E-state index in [9.17, 15) is 5.11 Å². The lowest BCUT2D eigenvalue weighted by atomic mass is 10.2. The minimum absolute atomic E-state index is 0.102. The van der Waals surface area contributed by atoms with E-state index < -0.39 is 12.4 Å². The SMILES string of the molecule is CC([O])CC[C](O)O. The Morgan fingerprint density at radius 2 is 2.12 bits per heavy atom. The Hall–Kier alpha value is -0.120. The number of aliphatic hydroxyl groups excluding tert-OH is 1. The van der Waals surface area contributed by atoms with Crippen molar-refractivity contribution in [1.29, 1.82) is 0 Å². The van der Waals surface area contributed by atoms with Crippen LogP contribution in [0.4, 0.5) is 0 Å². The van der Waals surface area contributed by atoms with E-state index in [0.717, 1.165) is 0 Å². The van der Waals surface area contributed by atoms with E-state index in [4.69, 9.17) is 10.2 Å². The first-order chi connectivity index (χ1) is 3.63. The van der Waals surface area contributed by atoms with Crippen molar-refractivity contribution < 1.29 is 15.3 Å². The summed E-state index contributed by atoms with van der Waals surface area (Å²) in [7, 11) is 0. The fourth-order valence-electron chi connectivity index (χ4n) is 0.332. The molecule has 3 nitrogen and oxygen atoms in total. The van der Waals surface area contributed by atoms with Gasteiger partial charge in [-0.2, -0.15) is 0 Å². The maximum absolute atomic E-state index is 10.2. The van der Waals surface area contributed by atoms with Gasteiger partial charge in [-0.25, -0.2) is 5.11 Å². The Labute approximate surface area is 48.6 Å². The van der Waals surface area contributed by atoms with Gasteiger partial charge in [0.25, 0.3) is 0 Å². The van der Waals surface area contributed by atoms with E-state index in [0.29, 0.717) is 6.42 Å². The van der Waals surface area contributed by atoms with Gasteiger partial charge in [-0.3, -0.25) is 0 Å². The van der Waals surface area contributed by atoms with Crippen molar-refractivity contribution in [3.63, 3.8) is 0 Å². The fourth-order valence-corrected chi connectivity index (χ4v) is 0.332. The van der Waals surface area contributed by atoms with Crippen LogP contribution in [0.25, 0.3) is 0 Å². The lowest BCUT2D eigenvalue weighted by Crippen LogP contribution is -2.01. The largest absolute Gasteiger partial charge is 0.361 e. The molecule has 0 bridgehead atoms. The van der Waals surface area contributed by atoms with E-state index in [2.05, 4.69) is 0 Å². The second kappa shape index (κ2) is 3.83. The van der Waals surface area contributed by atoms with Crippen molar-refractivity contribution in [2.45, 2.75) is 25.9 Å². The Balaban J connectivity index is 2.93. The summed E-state index contributed by atoms with van der Waals surface area (Å²) in [5.74, 6) is 0. The van der Waals surface area contributed by atoms with Gasteiger partial charge < -0.3 is 10.2 Å². The molecule has 0 aliphatic carbocycles. The van der Waals surface area contributed by atoms with Gasteiger partial charge in [0.05, 0.1) is 6.10 Å². The Kier molecular flexibility index (Phi) is 3.77. The number of hydrogen-bond donors (Lipinski definition) is 2. The van der Waals surface area contributed by atoms with Crippen LogP contribution in [0.1, 0.15) is 19.8 Å². The minimum Gasteiger partial charge on any atom is -0.361 e. The Morgan fingerprint density at radius 3 is 2.25 bits per heavy atom. The molecule has 0 rings (SSSR count). The molecule has 8 heavy (non-hydrogen) atoms. The van der Waals surface area contributed by atoms with Crippen molar-refractivity contribution >= 4 is 0 Å². The molecule has 1 unspecified atom stereocenters. The third-order valence-electron chi connectivity index (χ3n) is 0.774. The van der Waals surface area contributed by atoms with Gasteiger partial charge in [0.15, 0.2) is 0 Å². The van der Waals surface area contributed by atoms with E-state index in [1.165, 1.54) is 6.92 Å². The molecule has 0 aliphatic heterocycles. The smallest absolute Gasteiger partial charge is 0.218 e. The molecule has 1 atom stereocenters. The van der Waals surface area contributed by atoms with Gasteiger partial charge in [-0.05, 0) is 13.3 Å². The van der Waals surface area contributed by atoms with Crippen LogP contribution in [0.5, 0.6) is 0 Å². The van der Waals surface area contributed by atoms with E-state index in [1.54, 1.807) is 0 Å². The highest BCUT2D eigenvalue weighted by Gasteiger charge is 2.02. The van der Waals surface area contributed by atoms with Crippen molar-refractivity contribution in [2.24, 2.45) is 0 Å². The molecule has 0 aromatic heterocycles. The summed E-state index contributed by atoms with van der Waals surface area (Å²) in [6.07, 6.45) is -0.954. The topological polar surface area (TPSA) is 60.4 Å². The van der Waals surface area contributed by atoms with Gasteiger partial charge >= 0.3 is 0 Å². The first-order valence-electron chi connectivity index (χ1n) is 2.52. The maximum atomic E-state index is 10.2. The van der Waals surface area contributed by atoms with Gasteiger partial charge in [0.1, 0.15) is 0 Å². The standard InChI is InChI=1S/C5H10O3/c1-4(6)2-3-5(7)8/h4,7-8H,2-3H2,1H3. The Morgan fingerprint density at radius 1 is 1.62 bits per heavy atom. The molecule has 0 saturated carbocycles. The third-order valence-corrected chi connectivity index (χ3v) is 0.774. The average molecular weight is 118 g/mol. The zero-order chi connectivity index (χ0) is 6.57. The van der Waals surface area contributed by atoms with E-state index >= 15 is 0 Å². The normalized spacial score (nSPS) is 14.6. The predicted molar refractivity (Wildman–Crippen MR) is 26.5 cm³/mol. The van der Waals surface area contributed by atoms with Crippen LogP contribution in [0.2, 0.25) is 0 Å². The number of hydrogen-bond acceptors (Lipinski definition) is 2. The second-order valence-electron chi connectivity index (χ2n) is 1.77. The molecule has 0 aliphatic rings. The molecule has 2 radical (unpaired) electrons. The zero-order valence-corrected chi connectivity index (χ0v) is 4.79. The van der Waals surface area contributed by atoms with Crippen LogP contribution in [-0.4, -0.2) is 16.3 Å². The second-order valence-corrected chi connectivity index (χ2v) is 1.77. The summed E-state index contributed by atoms with van der Waals surface area (Å²) in [4.78, 5) is 0. The van der Waals surface area contributed by atoms with Crippen molar-refractivity contribution in [3.8, 4) is 0 Å². The summed E-state index contributed by atoms with van der Waals surface area (Å²) >= 11 is 0. The van der Waals surface area contributed by atoms with E-state index in [-0.39, 0.29) is 6.42 Å². The first-order valence-corrected chi connectivity index (χ1v) is 2.52. The monoisotopic (exact) mass is 118 g/mol. The third kappa shape index (κ3) is 5.88.